The van der Waals surface area contributed by atoms with Crippen LogP contribution >= 0.6 is 15.9 Å². The highest BCUT2D eigenvalue weighted by Crippen LogP contribution is 2.51. The van der Waals surface area contributed by atoms with Crippen molar-refractivity contribution < 1.29 is 18.7 Å². The summed E-state index contributed by atoms with van der Waals surface area (Å²) in [6.45, 7) is 35.2. The molecule has 5 nitrogen and oxygen atoms in total. The van der Waals surface area contributed by atoms with E-state index in [4.69, 9.17) is 10.00 Å². The van der Waals surface area contributed by atoms with Gasteiger partial charge >= 0.3 is 5.97 Å². The van der Waals surface area contributed by atoms with Gasteiger partial charge in [0.25, 0.3) is 0 Å². The molecule has 3 atom stereocenters. The van der Waals surface area contributed by atoms with E-state index in [-0.39, 0.29) is 23.6 Å². The molecule has 1 aromatic rings. The zero-order valence-electron chi connectivity index (χ0n) is 38.1. The van der Waals surface area contributed by atoms with Crippen molar-refractivity contribution >= 4 is 33.4 Å². The van der Waals surface area contributed by atoms with Gasteiger partial charge in [0.15, 0.2) is 0 Å². The van der Waals surface area contributed by atoms with Crippen molar-refractivity contribution in [3.8, 4) is 6.07 Å². The Kier molecular flexibility index (Phi) is 28.7. The topological polar surface area (TPSA) is 79.2 Å². The summed E-state index contributed by atoms with van der Waals surface area (Å²) in [6, 6.07) is 4.20. The first-order chi connectivity index (χ1) is 26.0. The fourth-order valence-electron chi connectivity index (χ4n) is 7.21. The number of hydrogen-bond donors (Lipinski definition) is 1. The number of unbranched alkanes of at least 4 members (excludes halogenated alkanes) is 2. The number of carbonyl (C=O) groups excluding carboxylic acids is 2. The minimum absolute atomic E-state index is 0.0730. The van der Waals surface area contributed by atoms with Crippen molar-refractivity contribution in [2.75, 3.05) is 0 Å². The van der Waals surface area contributed by atoms with Gasteiger partial charge in [0.1, 0.15) is 11.4 Å². The summed E-state index contributed by atoms with van der Waals surface area (Å²) in [5, 5.41) is 12.2. The molecule has 55 heavy (non-hydrogen) atoms. The Labute approximate surface area is 347 Å². The molecule has 0 radical (unpaired) electrons. The maximum Gasteiger partial charge on any atom is 0.306 e. The number of halogens is 2. The van der Waals surface area contributed by atoms with E-state index in [0.717, 1.165) is 53.4 Å². The first-order valence-electron chi connectivity index (χ1n) is 21.8. The summed E-state index contributed by atoms with van der Waals surface area (Å²) in [5.41, 5.74) is 3.18. The molecular formula is C48H82BrFN2O3. The third-order valence-electron chi connectivity index (χ3n) is 10.3. The molecule has 0 spiro atoms. The van der Waals surface area contributed by atoms with Crippen molar-refractivity contribution in [3.05, 3.63) is 50.9 Å². The predicted octanol–water partition coefficient (Wildman–Crippen LogP) is 15.0. The molecule has 3 unspecified atom stereocenters. The first-order valence-corrected chi connectivity index (χ1v) is 22.6. The second-order valence-electron chi connectivity index (χ2n) is 15.9. The Balaban J connectivity index is 0. The van der Waals surface area contributed by atoms with E-state index in [1.54, 1.807) is 0 Å². The number of nitrogens with zero attached hydrogens (tertiary/aromatic N) is 1. The summed E-state index contributed by atoms with van der Waals surface area (Å²) in [4.78, 5) is 26.2. The van der Waals surface area contributed by atoms with Crippen molar-refractivity contribution in [1.82, 2.24) is 5.32 Å². The Morgan fingerprint density at radius 2 is 1.62 bits per heavy atom. The van der Waals surface area contributed by atoms with E-state index in [0.29, 0.717) is 67.1 Å². The minimum atomic E-state index is -0.842. The number of rotatable bonds is 20. The predicted molar refractivity (Wildman–Crippen MR) is 238 cm³/mol. The highest BCUT2D eigenvalue weighted by atomic mass is 79.9. The molecule has 2 rings (SSSR count). The second kappa shape index (κ2) is 28.9. The van der Waals surface area contributed by atoms with Crippen molar-refractivity contribution in [2.45, 2.75) is 206 Å². The number of hydrogen-bond acceptors (Lipinski definition) is 4. The van der Waals surface area contributed by atoms with E-state index in [2.05, 4.69) is 61.6 Å². The molecule has 0 saturated heterocycles. The number of carbonyl (C=O) groups is 2. The molecule has 316 valence electrons. The molecule has 1 N–H and O–H groups in total. The van der Waals surface area contributed by atoms with Crippen LogP contribution in [0.25, 0.3) is 5.57 Å². The average Bonchev–Trinajstić information content (AvgIpc) is 3.43. The smallest absolute Gasteiger partial charge is 0.306 e. The molecule has 1 amide bonds. The number of allylic oxidation sites excluding steroid dienone is 1. The third-order valence-corrected chi connectivity index (χ3v) is 11.2. The lowest BCUT2D eigenvalue weighted by Crippen LogP contribution is -2.34. The molecule has 0 aliphatic carbocycles. The van der Waals surface area contributed by atoms with E-state index in [9.17, 15) is 9.59 Å². The zero-order chi connectivity index (χ0) is 42.9. The molecule has 0 bridgehead atoms. The zero-order valence-corrected chi connectivity index (χ0v) is 39.6. The molecular weight excluding hydrogens is 751 g/mol. The third kappa shape index (κ3) is 17.7. The number of nitriles is 1. The van der Waals surface area contributed by atoms with Crippen molar-refractivity contribution in [3.63, 3.8) is 0 Å². The van der Waals surface area contributed by atoms with Crippen LogP contribution in [0.3, 0.4) is 0 Å². The Hall–Kier alpha value is -2.46. The van der Waals surface area contributed by atoms with Crippen LogP contribution in [-0.2, 0) is 27.2 Å². The van der Waals surface area contributed by atoms with Crippen LogP contribution < -0.4 is 5.32 Å². The minimum Gasteiger partial charge on any atom is -0.460 e. The lowest BCUT2D eigenvalue weighted by Gasteiger charge is -2.31. The lowest BCUT2D eigenvalue weighted by atomic mass is 9.70. The van der Waals surface area contributed by atoms with Gasteiger partial charge in [0.2, 0.25) is 5.91 Å². The van der Waals surface area contributed by atoms with Gasteiger partial charge in [-0.1, -0.05) is 135 Å². The highest BCUT2D eigenvalue weighted by Gasteiger charge is 2.48. The number of ether oxygens (including phenoxy) is 1. The summed E-state index contributed by atoms with van der Waals surface area (Å²) >= 11 is 3.49. The van der Waals surface area contributed by atoms with Crippen LogP contribution in [0.2, 0.25) is 0 Å². The van der Waals surface area contributed by atoms with Crippen LogP contribution in [0.15, 0.2) is 28.4 Å². The van der Waals surface area contributed by atoms with E-state index >= 15 is 4.39 Å². The molecule has 1 aromatic carbocycles. The Bertz CT molecular complexity index is 1370. The number of aryl methyl sites for hydroxylation is 1. The van der Waals surface area contributed by atoms with Gasteiger partial charge in [-0.3, -0.25) is 9.59 Å². The largest absolute Gasteiger partial charge is 0.460 e. The van der Waals surface area contributed by atoms with Crippen LogP contribution in [0.1, 0.15) is 204 Å². The summed E-state index contributed by atoms with van der Waals surface area (Å²) < 4.78 is 22.0. The molecule has 7 heteroatoms. The van der Waals surface area contributed by atoms with E-state index in [1.165, 1.54) is 25.7 Å². The standard InChI is InChI=1S/C34H48BrFN2O3.C10H22.2C2H6/c1-9-15-25-26(21-24(17-12-13-19-37)29(35)30(25)36)28-31(23(5)10-2)38-32(40)34(28,11-3)18-14-16-22(4)20-27(39)41-33(6,7)8;1-5-7-8-10(6-2)9(3)4;2*1-2/h21-22H,5,9-18,20H2,1-4,6-8H3,(H,38,40);9-10H,5-8H2,1-4H3;2*1-2H3. The molecule has 1 aliphatic heterocycles. The highest BCUT2D eigenvalue weighted by molar-refractivity contribution is 9.10. The summed E-state index contributed by atoms with van der Waals surface area (Å²) in [7, 11) is 0. The number of nitrogens with one attached hydrogen (secondary N) is 1. The van der Waals surface area contributed by atoms with Crippen LogP contribution in [0.5, 0.6) is 0 Å². The van der Waals surface area contributed by atoms with E-state index < -0.39 is 11.0 Å². The van der Waals surface area contributed by atoms with Gasteiger partial charge in [-0.2, -0.15) is 5.26 Å². The van der Waals surface area contributed by atoms with Crippen molar-refractivity contribution in [2.24, 2.45) is 23.2 Å². The number of esters is 1. The second-order valence-corrected chi connectivity index (χ2v) is 16.7. The fourth-order valence-corrected chi connectivity index (χ4v) is 7.76. The average molecular weight is 834 g/mol. The quantitative estimate of drug-likeness (QED) is 0.105. The maximum absolute atomic E-state index is 16.0. The first kappa shape index (κ1) is 54.6. The van der Waals surface area contributed by atoms with Crippen LogP contribution in [0.4, 0.5) is 4.39 Å². The molecule has 1 heterocycles. The Morgan fingerprint density at radius 1 is 1.00 bits per heavy atom. The molecule has 0 fully saturated rings. The van der Waals surface area contributed by atoms with Gasteiger partial charge in [-0.05, 0) is 127 Å². The summed E-state index contributed by atoms with van der Waals surface area (Å²) in [6.07, 6.45) is 12.0. The Morgan fingerprint density at radius 3 is 2.09 bits per heavy atom. The van der Waals surface area contributed by atoms with Gasteiger partial charge in [-0.15, -0.1) is 0 Å². The number of benzene rings is 1. The van der Waals surface area contributed by atoms with Gasteiger partial charge in [0, 0.05) is 18.5 Å². The molecule has 1 aliphatic rings. The molecule has 0 aromatic heterocycles. The maximum atomic E-state index is 16.0. The fraction of sp³-hybridized carbons (Fsp3) is 0.729. The number of amides is 1. The van der Waals surface area contributed by atoms with Gasteiger partial charge < -0.3 is 10.1 Å². The van der Waals surface area contributed by atoms with Crippen molar-refractivity contribution in [1.29, 1.82) is 5.26 Å². The van der Waals surface area contributed by atoms with Gasteiger partial charge in [-0.25, -0.2) is 4.39 Å². The summed E-state index contributed by atoms with van der Waals surface area (Å²) in [5.74, 6) is 1.39. The monoisotopic (exact) mass is 833 g/mol. The van der Waals surface area contributed by atoms with E-state index in [1.807, 2.05) is 82.2 Å². The van der Waals surface area contributed by atoms with Crippen LogP contribution in [-0.4, -0.2) is 17.5 Å². The molecule has 0 saturated carbocycles. The lowest BCUT2D eigenvalue weighted by molar-refractivity contribution is -0.155. The van der Waals surface area contributed by atoms with Gasteiger partial charge in [0.05, 0.1) is 16.0 Å². The normalized spacial score (nSPS) is 16.1. The SMILES string of the molecule is C=C(CC)C1=C(c2cc(CCCC#N)c(Br)c(F)c2CCC)C(CC)(CCCC(C)CC(=O)OC(C)(C)C)C(=O)N1.CC.CC.CCCCC(CC)C(C)C. The van der Waals surface area contributed by atoms with Crippen LogP contribution in [0, 0.1) is 40.3 Å².